The molecule has 16 heavy (non-hydrogen) atoms. The number of nitrogen functional groups attached to an aromatic ring is 1. The number of hydrogen-bond acceptors (Lipinski definition) is 5. The van der Waals surface area contributed by atoms with Crippen molar-refractivity contribution in [3.8, 4) is 0 Å². The minimum Gasteiger partial charge on any atom is -0.348 e. The lowest BCUT2D eigenvalue weighted by Crippen LogP contribution is -2.34. The molecular weight excluding hydrogens is 206 g/mol. The molecule has 1 rings (SSSR count). The van der Waals surface area contributed by atoms with Gasteiger partial charge in [-0.1, -0.05) is 13.8 Å². The van der Waals surface area contributed by atoms with Crippen LogP contribution in [-0.4, -0.2) is 21.9 Å². The Morgan fingerprint density at radius 1 is 1.44 bits per heavy atom. The van der Waals surface area contributed by atoms with E-state index in [0.29, 0.717) is 5.82 Å². The molecule has 6 nitrogen and oxygen atoms in total. The lowest BCUT2D eigenvalue weighted by molar-refractivity contribution is 0.0929. The van der Waals surface area contributed by atoms with E-state index in [-0.39, 0.29) is 17.6 Å². The lowest BCUT2D eigenvalue weighted by Gasteiger charge is -2.14. The molecule has 0 aliphatic carbocycles. The zero-order chi connectivity index (χ0) is 12.0. The first-order valence-electron chi connectivity index (χ1n) is 5.30. The maximum atomic E-state index is 11.8. The standard InChI is InChI=1S/C10H17N5O/c1-3-7(4-2)13-10(16)8-5-12-6-9(14-8)15-11/h5-7H,3-4,11H2,1-2H3,(H,13,16)(H,14,15). The van der Waals surface area contributed by atoms with Crippen LogP contribution in [0.4, 0.5) is 5.82 Å². The van der Waals surface area contributed by atoms with Gasteiger partial charge in [-0.05, 0) is 12.8 Å². The van der Waals surface area contributed by atoms with Crippen molar-refractivity contribution in [1.29, 1.82) is 0 Å². The quantitative estimate of drug-likeness (QED) is 0.504. The molecule has 0 saturated heterocycles. The number of hydrazine groups is 1. The van der Waals surface area contributed by atoms with Crippen LogP contribution in [0.2, 0.25) is 0 Å². The van der Waals surface area contributed by atoms with Gasteiger partial charge in [0.1, 0.15) is 5.69 Å². The summed E-state index contributed by atoms with van der Waals surface area (Å²) < 4.78 is 0. The van der Waals surface area contributed by atoms with Crippen molar-refractivity contribution >= 4 is 11.7 Å². The van der Waals surface area contributed by atoms with Crippen LogP contribution in [-0.2, 0) is 0 Å². The van der Waals surface area contributed by atoms with Crippen molar-refractivity contribution in [2.45, 2.75) is 32.7 Å². The fourth-order valence-electron chi connectivity index (χ4n) is 1.30. The summed E-state index contributed by atoms with van der Waals surface area (Å²) in [7, 11) is 0. The highest BCUT2D eigenvalue weighted by Gasteiger charge is 2.12. The molecule has 0 aromatic carbocycles. The summed E-state index contributed by atoms with van der Waals surface area (Å²) >= 11 is 0. The largest absolute Gasteiger partial charge is 0.348 e. The molecule has 0 aliphatic rings. The molecule has 88 valence electrons. The Kier molecular flexibility index (Phi) is 4.65. The molecule has 1 aromatic rings. The Morgan fingerprint density at radius 3 is 2.69 bits per heavy atom. The lowest BCUT2D eigenvalue weighted by atomic mass is 10.1. The van der Waals surface area contributed by atoms with Gasteiger partial charge in [0.2, 0.25) is 0 Å². The number of carbonyl (C=O) groups is 1. The van der Waals surface area contributed by atoms with E-state index in [1.165, 1.54) is 12.4 Å². The number of rotatable bonds is 5. The van der Waals surface area contributed by atoms with Crippen LogP contribution in [0.1, 0.15) is 37.2 Å². The van der Waals surface area contributed by atoms with Crippen molar-refractivity contribution < 1.29 is 4.79 Å². The van der Waals surface area contributed by atoms with Gasteiger partial charge in [0, 0.05) is 6.04 Å². The van der Waals surface area contributed by atoms with Gasteiger partial charge in [0.05, 0.1) is 12.4 Å². The third-order valence-electron chi connectivity index (χ3n) is 2.34. The summed E-state index contributed by atoms with van der Waals surface area (Å²) in [6, 6.07) is 0.170. The molecule has 4 N–H and O–H groups in total. The highest BCUT2D eigenvalue weighted by atomic mass is 16.1. The Labute approximate surface area is 94.6 Å². The first-order valence-corrected chi connectivity index (χ1v) is 5.30. The fraction of sp³-hybridized carbons (Fsp3) is 0.500. The molecule has 0 unspecified atom stereocenters. The van der Waals surface area contributed by atoms with Crippen LogP contribution in [0, 0.1) is 0 Å². The Bertz CT molecular complexity index is 351. The highest BCUT2D eigenvalue weighted by molar-refractivity contribution is 5.92. The number of nitrogens with one attached hydrogen (secondary N) is 2. The van der Waals surface area contributed by atoms with Crippen LogP contribution < -0.4 is 16.6 Å². The molecule has 0 bridgehead atoms. The fourth-order valence-corrected chi connectivity index (χ4v) is 1.30. The van der Waals surface area contributed by atoms with E-state index in [1.807, 2.05) is 13.8 Å². The second kappa shape index (κ2) is 6.02. The minimum atomic E-state index is -0.224. The summed E-state index contributed by atoms with van der Waals surface area (Å²) in [5.41, 5.74) is 2.62. The smallest absolute Gasteiger partial charge is 0.271 e. The van der Waals surface area contributed by atoms with Crippen molar-refractivity contribution in [2.75, 3.05) is 5.43 Å². The van der Waals surface area contributed by atoms with Crippen LogP contribution in [0.3, 0.4) is 0 Å². The zero-order valence-corrected chi connectivity index (χ0v) is 9.53. The van der Waals surface area contributed by atoms with E-state index in [1.54, 1.807) is 0 Å². The maximum absolute atomic E-state index is 11.8. The molecule has 0 atom stereocenters. The second-order valence-corrected chi connectivity index (χ2v) is 3.42. The van der Waals surface area contributed by atoms with Crippen LogP contribution in [0.25, 0.3) is 0 Å². The third kappa shape index (κ3) is 3.16. The van der Waals surface area contributed by atoms with E-state index >= 15 is 0 Å². The number of anilines is 1. The summed E-state index contributed by atoms with van der Waals surface area (Å²) in [6.07, 6.45) is 4.65. The average molecular weight is 223 g/mol. The van der Waals surface area contributed by atoms with E-state index in [0.717, 1.165) is 12.8 Å². The molecule has 1 aromatic heterocycles. The molecule has 1 amide bonds. The van der Waals surface area contributed by atoms with E-state index in [4.69, 9.17) is 5.84 Å². The predicted octanol–water partition coefficient (Wildman–Crippen LogP) is 0.681. The van der Waals surface area contributed by atoms with E-state index in [2.05, 4.69) is 20.7 Å². The number of nitrogens with zero attached hydrogens (tertiary/aromatic N) is 2. The molecule has 0 spiro atoms. The van der Waals surface area contributed by atoms with Crippen LogP contribution >= 0.6 is 0 Å². The van der Waals surface area contributed by atoms with Crippen molar-refractivity contribution in [3.63, 3.8) is 0 Å². The molecule has 1 heterocycles. The van der Waals surface area contributed by atoms with Crippen molar-refractivity contribution in [1.82, 2.24) is 15.3 Å². The second-order valence-electron chi connectivity index (χ2n) is 3.42. The van der Waals surface area contributed by atoms with Gasteiger partial charge in [0.25, 0.3) is 5.91 Å². The van der Waals surface area contributed by atoms with Gasteiger partial charge in [-0.25, -0.2) is 10.8 Å². The molecular formula is C10H17N5O. The van der Waals surface area contributed by atoms with Crippen molar-refractivity contribution in [3.05, 3.63) is 18.1 Å². The SMILES string of the molecule is CCC(CC)NC(=O)c1cncc(NN)n1. The summed E-state index contributed by atoms with van der Waals surface area (Å²) in [4.78, 5) is 19.6. The summed E-state index contributed by atoms with van der Waals surface area (Å²) in [6.45, 7) is 4.05. The molecule has 6 heteroatoms. The topological polar surface area (TPSA) is 92.9 Å². The van der Waals surface area contributed by atoms with Gasteiger partial charge in [0.15, 0.2) is 5.82 Å². The summed E-state index contributed by atoms with van der Waals surface area (Å²) in [5, 5.41) is 2.87. The number of aromatic nitrogens is 2. The van der Waals surface area contributed by atoms with E-state index in [9.17, 15) is 4.79 Å². The first-order chi connectivity index (χ1) is 7.71. The Morgan fingerprint density at radius 2 is 2.12 bits per heavy atom. The predicted molar refractivity (Wildman–Crippen MR) is 61.7 cm³/mol. The normalized spacial score (nSPS) is 10.2. The summed E-state index contributed by atoms with van der Waals surface area (Å²) in [5.74, 6) is 5.34. The molecule has 0 aliphatic heterocycles. The van der Waals surface area contributed by atoms with Gasteiger partial charge in [-0.3, -0.25) is 9.78 Å². The maximum Gasteiger partial charge on any atom is 0.271 e. The van der Waals surface area contributed by atoms with Gasteiger partial charge in [-0.2, -0.15) is 0 Å². The van der Waals surface area contributed by atoms with E-state index < -0.39 is 0 Å². The monoisotopic (exact) mass is 223 g/mol. The third-order valence-corrected chi connectivity index (χ3v) is 2.34. The van der Waals surface area contributed by atoms with Gasteiger partial charge < -0.3 is 10.7 Å². The highest BCUT2D eigenvalue weighted by Crippen LogP contribution is 2.02. The first kappa shape index (κ1) is 12.4. The number of hydrogen-bond donors (Lipinski definition) is 3. The van der Waals surface area contributed by atoms with Gasteiger partial charge >= 0.3 is 0 Å². The molecule has 0 fully saturated rings. The number of amides is 1. The minimum absolute atomic E-state index is 0.170. The van der Waals surface area contributed by atoms with Crippen molar-refractivity contribution in [2.24, 2.45) is 5.84 Å². The van der Waals surface area contributed by atoms with Crippen LogP contribution in [0.15, 0.2) is 12.4 Å². The molecule has 0 radical (unpaired) electrons. The average Bonchev–Trinajstić information content (AvgIpc) is 2.35. The number of carbonyl (C=O) groups excluding carboxylic acids is 1. The Balaban J connectivity index is 2.72. The van der Waals surface area contributed by atoms with Gasteiger partial charge in [-0.15, -0.1) is 0 Å². The number of nitrogens with two attached hydrogens (primary N) is 1. The Hall–Kier alpha value is -1.69. The van der Waals surface area contributed by atoms with Crippen LogP contribution in [0.5, 0.6) is 0 Å². The molecule has 0 saturated carbocycles. The zero-order valence-electron chi connectivity index (χ0n) is 9.53.